The number of aliphatic carboxylic acids is 1. The molecule has 1 atom stereocenters. The molecule has 3 heterocycles. The van der Waals surface area contributed by atoms with Gasteiger partial charge in [-0.05, 0) is 42.9 Å². The van der Waals surface area contributed by atoms with Crippen molar-refractivity contribution < 1.29 is 9.90 Å². The van der Waals surface area contributed by atoms with Crippen LogP contribution in [0.4, 0.5) is 0 Å². The molecule has 22 heavy (non-hydrogen) atoms. The standard InChI is InChI=1S/C15H14N4O2S/c1-8-2-3-10-9(6-8)13-14-17-11(4-5-12(20)21)18-19(14)7-16-15(13)22-10/h4-5,7-8H,2-3,6H2,1H3,(H,20,21)/p-1/b5-4-/t8-/m0/s1. The molecule has 0 radical (unpaired) electrons. The van der Waals surface area contributed by atoms with E-state index in [2.05, 4.69) is 22.0 Å². The number of carbonyl (C=O) groups is 1. The van der Waals surface area contributed by atoms with Gasteiger partial charge >= 0.3 is 0 Å². The lowest BCUT2D eigenvalue weighted by Crippen LogP contribution is -2.18. The first kappa shape index (κ1) is 13.4. The summed E-state index contributed by atoms with van der Waals surface area (Å²) in [4.78, 5) is 21.8. The molecule has 0 saturated heterocycles. The summed E-state index contributed by atoms with van der Waals surface area (Å²) in [5, 5.41) is 15.8. The molecule has 0 N–H and O–H groups in total. The summed E-state index contributed by atoms with van der Waals surface area (Å²) < 4.78 is 1.61. The maximum atomic E-state index is 10.5. The van der Waals surface area contributed by atoms with Crippen LogP contribution in [0.1, 0.15) is 29.6 Å². The number of rotatable bonds is 2. The molecule has 0 fully saturated rings. The topological polar surface area (TPSA) is 83.2 Å². The molecule has 0 amide bonds. The van der Waals surface area contributed by atoms with Gasteiger partial charge in [-0.3, -0.25) is 0 Å². The monoisotopic (exact) mass is 313 g/mol. The van der Waals surface area contributed by atoms with Crippen molar-refractivity contribution in [3.8, 4) is 0 Å². The van der Waals surface area contributed by atoms with Gasteiger partial charge in [0.15, 0.2) is 11.5 Å². The van der Waals surface area contributed by atoms with Gasteiger partial charge in [-0.25, -0.2) is 14.5 Å². The van der Waals surface area contributed by atoms with E-state index in [1.54, 1.807) is 22.2 Å². The highest BCUT2D eigenvalue weighted by atomic mass is 32.1. The maximum Gasteiger partial charge on any atom is 0.175 e. The average molecular weight is 313 g/mol. The minimum absolute atomic E-state index is 0.349. The second-order valence-electron chi connectivity index (χ2n) is 5.67. The highest BCUT2D eigenvalue weighted by molar-refractivity contribution is 7.19. The van der Waals surface area contributed by atoms with Crippen LogP contribution in [0.5, 0.6) is 0 Å². The number of fused-ring (bicyclic) bond motifs is 5. The Kier molecular flexibility index (Phi) is 2.97. The van der Waals surface area contributed by atoms with E-state index in [1.807, 2.05) is 0 Å². The van der Waals surface area contributed by atoms with Gasteiger partial charge in [0, 0.05) is 4.88 Å². The number of carboxylic acid groups (broad SMARTS) is 1. The Morgan fingerprint density at radius 3 is 3.23 bits per heavy atom. The number of carbonyl (C=O) groups excluding carboxylic acids is 1. The highest BCUT2D eigenvalue weighted by Gasteiger charge is 2.23. The number of hydrogen-bond acceptors (Lipinski definition) is 6. The highest BCUT2D eigenvalue weighted by Crippen LogP contribution is 2.38. The Morgan fingerprint density at radius 1 is 1.55 bits per heavy atom. The predicted octanol–water partition coefficient (Wildman–Crippen LogP) is 1.23. The van der Waals surface area contributed by atoms with Crippen LogP contribution in [-0.4, -0.2) is 25.6 Å². The predicted molar refractivity (Wildman–Crippen MR) is 81.4 cm³/mol. The summed E-state index contributed by atoms with van der Waals surface area (Å²) in [6, 6.07) is 0. The van der Waals surface area contributed by atoms with Crippen LogP contribution < -0.4 is 5.11 Å². The van der Waals surface area contributed by atoms with Crippen molar-refractivity contribution in [1.82, 2.24) is 19.6 Å². The van der Waals surface area contributed by atoms with Crippen molar-refractivity contribution in [2.45, 2.75) is 26.2 Å². The van der Waals surface area contributed by atoms with Gasteiger partial charge in [0.05, 0.1) is 11.4 Å². The van der Waals surface area contributed by atoms with Gasteiger partial charge < -0.3 is 9.90 Å². The Labute approximate surface area is 130 Å². The minimum atomic E-state index is -1.26. The van der Waals surface area contributed by atoms with Crippen LogP contribution in [0.2, 0.25) is 0 Å². The molecular formula is C15H13N4O2S-. The number of carboxylic acids is 1. The van der Waals surface area contributed by atoms with Gasteiger partial charge in [0.2, 0.25) is 0 Å². The van der Waals surface area contributed by atoms with Gasteiger partial charge in [0.1, 0.15) is 11.2 Å². The molecule has 0 bridgehead atoms. The maximum absolute atomic E-state index is 10.5. The second-order valence-corrected chi connectivity index (χ2v) is 6.75. The van der Waals surface area contributed by atoms with E-state index >= 15 is 0 Å². The van der Waals surface area contributed by atoms with Crippen LogP contribution in [-0.2, 0) is 17.6 Å². The van der Waals surface area contributed by atoms with E-state index in [9.17, 15) is 9.90 Å². The molecule has 1 aliphatic carbocycles. The van der Waals surface area contributed by atoms with Crippen molar-refractivity contribution in [2.24, 2.45) is 5.92 Å². The SMILES string of the molecule is C[C@H]1CCc2sc3ncn4nc(/C=C\C(=O)[O-])nc4c3c2C1. The number of aryl methyl sites for hydroxylation is 1. The van der Waals surface area contributed by atoms with Crippen molar-refractivity contribution in [3.63, 3.8) is 0 Å². The van der Waals surface area contributed by atoms with Gasteiger partial charge in [-0.2, -0.15) is 0 Å². The fourth-order valence-electron chi connectivity index (χ4n) is 2.98. The summed E-state index contributed by atoms with van der Waals surface area (Å²) >= 11 is 1.73. The molecule has 6 nitrogen and oxygen atoms in total. The molecule has 0 aromatic carbocycles. The number of aromatic nitrogens is 4. The van der Waals surface area contributed by atoms with Gasteiger partial charge in [-0.15, -0.1) is 16.4 Å². The first-order valence-electron chi connectivity index (χ1n) is 7.16. The second kappa shape index (κ2) is 4.88. The number of hydrogen-bond donors (Lipinski definition) is 0. The third-order valence-electron chi connectivity index (χ3n) is 4.01. The number of thiophene rings is 1. The van der Waals surface area contributed by atoms with Crippen LogP contribution in [0.15, 0.2) is 12.4 Å². The molecule has 0 spiro atoms. The zero-order valence-electron chi connectivity index (χ0n) is 11.9. The summed E-state index contributed by atoms with van der Waals surface area (Å²) in [6.07, 6.45) is 7.25. The zero-order valence-corrected chi connectivity index (χ0v) is 12.8. The quantitative estimate of drug-likeness (QED) is 0.664. The molecule has 0 saturated carbocycles. The van der Waals surface area contributed by atoms with Crippen LogP contribution in [0, 0.1) is 5.92 Å². The fraction of sp³-hybridized carbons (Fsp3) is 0.333. The molecule has 3 aromatic rings. The Hall–Kier alpha value is -2.28. The Morgan fingerprint density at radius 2 is 2.41 bits per heavy atom. The van der Waals surface area contributed by atoms with Crippen LogP contribution in [0.3, 0.4) is 0 Å². The van der Waals surface area contributed by atoms with Gasteiger partial charge in [-0.1, -0.05) is 6.92 Å². The average Bonchev–Trinajstić information content (AvgIpc) is 3.04. The van der Waals surface area contributed by atoms with E-state index in [4.69, 9.17) is 0 Å². The van der Waals surface area contributed by atoms with Crippen molar-refractivity contribution in [1.29, 1.82) is 0 Å². The van der Waals surface area contributed by atoms with E-state index in [1.165, 1.54) is 22.9 Å². The van der Waals surface area contributed by atoms with E-state index in [0.717, 1.165) is 34.8 Å². The van der Waals surface area contributed by atoms with Gasteiger partial charge in [0.25, 0.3) is 0 Å². The third kappa shape index (κ3) is 2.09. The molecule has 3 aromatic heterocycles. The summed E-state index contributed by atoms with van der Waals surface area (Å²) in [5.74, 6) is -0.253. The largest absolute Gasteiger partial charge is 0.545 e. The van der Waals surface area contributed by atoms with Crippen LogP contribution >= 0.6 is 11.3 Å². The first-order valence-corrected chi connectivity index (χ1v) is 7.98. The zero-order chi connectivity index (χ0) is 15.3. The third-order valence-corrected chi connectivity index (χ3v) is 5.21. The molecule has 4 rings (SSSR count). The van der Waals surface area contributed by atoms with Crippen molar-refractivity contribution in [3.05, 3.63) is 28.7 Å². The summed E-state index contributed by atoms with van der Waals surface area (Å²) in [6.45, 7) is 2.26. The first-order chi connectivity index (χ1) is 10.6. The molecule has 7 heteroatoms. The molecular weight excluding hydrogens is 300 g/mol. The Bertz CT molecular complexity index is 925. The normalized spacial score (nSPS) is 18.3. The van der Waals surface area contributed by atoms with E-state index in [-0.39, 0.29) is 0 Å². The lowest BCUT2D eigenvalue weighted by Gasteiger charge is -2.17. The lowest BCUT2D eigenvalue weighted by atomic mass is 9.89. The Balaban J connectivity index is 1.94. The summed E-state index contributed by atoms with van der Waals surface area (Å²) in [5.41, 5.74) is 2.08. The van der Waals surface area contributed by atoms with Crippen molar-refractivity contribution in [2.75, 3.05) is 0 Å². The minimum Gasteiger partial charge on any atom is -0.545 e. The van der Waals surface area contributed by atoms with E-state index < -0.39 is 5.97 Å². The molecule has 0 aliphatic heterocycles. The molecule has 112 valence electrons. The molecule has 0 unspecified atom stereocenters. The fourth-order valence-corrected chi connectivity index (χ4v) is 4.15. The molecule has 1 aliphatic rings. The number of nitrogens with zero attached hydrogens (tertiary/aromatic N) is 4. The van der Waals surface area contributed by atoms with E-state index in [0.29, 0.717) is 11.7 Å². The summed E-state index contributed by atoms with van der Waals surface area (Å²) in [7, 11) is 0. The van der Waals surface area contributed by atoms with Crippen molar-refractivity contribution >= 4 is 39.2 Å². The lowest BCUT2D eigenvalue weighted by molar-refractivity contribution is -0.297. The van der Waals surface area contributed by atoms with Crippen LogP contribution in [0.25, 0.3) is 21.9 Å². The smallest absolute Gasteiger partial charge is 0.175 e.